The first-order valence-corrected chi connectivity index (χ1v) is 16.6. The number of hydrogen-bond acceptors (Lipinski definition) is 8. The molecule has 4 aromatic rings. The van der Waals surface area contributed by atoms with Gasteiger partial charge in [-0.05, 0) is 28.8 Å². The van der Waals surface area contributed by atoms with Crippen molar-refractivity contribution in [3.63, 3.8) is 0 Å². The summed E-state index contributed by atoms with van der Waals surface area (Å²) in [5, 5.41) is 6.00. The van der Waals surface area contributed by atoms with E-state index in [0.717, 1.165) is 16.7 Å². The Morgan fingerprint density at radius 2 is 1.83 bits per heavy atom. The lowest BCUT2D eigenvalue weighted by Gasteiger charge is -2.38. The predicted octanol–water partition coefficient (Wildman–Crippen LogP) is 5.74. The Morgan fingerprint density at radius 3 is 2.55 bits per heavy atom. The number of hydrogen-bond donors (Lipinski definition) is 1. The van der Waals surface area contributed by atoms with E-state index in [0.29, 0.717) is 66.9 Å². The number of amidine groups is 1. The smallest absolute Gasteiger partial charge is 0.338 e. The van der Waals surface area contributed by atoms with Crippen molar-refractivity contribution in [1.29, 1.82) is 0 Å². The molecule has 7 rings (SSSR count). The molecule has 240 valence electrons. The van der Waals surface area contributed by atoms with Gasteiger partial charge in [0, 0.05) is 67.1 Å². The van der Waals surface area contributed by atoms with Crippen LogP contribution in [0.3, 0.4) is 0 Å². The van der Waals surface area contributed by atoms with Crippen molar-refractivity contribution in [2.45, 2.75) is 18.6 Å². The van der Waals surface area contributed by atoms with Crippen LogP contribution < -0.4 is 5.32 Å². The summed E-state index contributed by atoms with van der Waals surface area (Å²) < 4.78 is 19.2. The Kier molecular flexibility index (Phi) is 8.76. The minimum atomic E-state index is -0.830. The topological polar surface area (TPSA) is 90.4 Å². The van der Waals surface area contributed by atoms with Gasteiger partial charge in [0.05, 0.1) is 18.7 Å². The molecule has 9 nitrogen and oxygen atoms in total. The highest BCUT2D eigenvalue weighted by atomic mass is 35.5. The molecule has 4 heterocycles. The van der Waals surface area contributed by atoms with Gasteiger partial charge < -0.3 is 19.9 Å². The van der Waals surface area contributed by atoms with Crippen molar-refractivity contribution >= 4 is 40.8 Å². The maximum Gasteiger partial charge on any atom is 0.338 e. The van der Waals surface area contributed by atoms with Gasteiger partial charge in [0.1, 0.15) is 11.9 Å². The van der Waals surface area contributed by atoms with Crippen molar-refractivity contribution in [1.82, 2.24) is 25.0 Å². The number of piperazine rings is 1. The molecule has 2 saturated heterocycles. The number of fused-ring (bicyclic) bond motifs is 1. The molecule has 0 saturated carbocycles. The highest BCUT2D eigenvalue weighted by Crippen LogP contribution is 2.37. The van der Waals surface area contributed by atoms with Gasteiger partial charge in [0.25, 0.3) is 0 Å². The van der Waals surface area contributed by atoms with Crippen molar-refractivity contribution in [3.05, 3.63) is 123 Å². The minimum absolute atomic E-state index is 0.0000456. The van der Waals surface area contributed by atoms with E-state index in [1.54, 1.807) is 12.3 Å². The number of nitrogens with zero attached hydrogens (tertiary/aromatic N) is 5. The van der Waals surface area contributed by atoms with Crippen LogP contribution in [0, 0.1) is 5.82 Å². The zero-order chi connectivity index (χ0) is 32.5. The van der Waals surface area contributed by atoms with Gasteiger partial charge in [-0.1, -0.05) is 72.3 Å². The lowest BCUT2D eigenvalue weighted by Crippen LogP contribution is -2.53. The summed E-state index contributed by atoms with van der Waals surface area (Å²) >= 11 is 7.91. The molecule has 2 fully saturated rings. The minimum Gasteiger partial charge on any atom is -0.466 e. The Hall–Kier alpha value is -4.58. The third-order valence-electron chi connectivity index (χ3n) is 8.75. The molecule has 0 aliphatic carbocycles. The predicted molar refractivity (Wildman–Crippen MR) is 180 cm³/mol. The zero-order valence-electron chi connectivity index (χ0n) is 25.6. The van der Waals surface area contributed by atoms with Crippen molar-refractivity contribution in [3.8, 4) is 11.1 Å². The first-order chi connectivity index (χ1) is 22.9. The number of amides is 2. The molecule has 12 heteroatoms. The van der Waals surface area contributed by atoms with Crippen LogP contribution in [0.2, 0.25) is 5.02 Å². The first-order valence-electron chi connectivity index (χ1n) is 15.3. The highest BCUT2D eigenvalue weighted by molar-refractivity contribution is 7.11. The van der Waals surface area contributed by atoms with E-state index in [1.807, 2.05) is 33.4 Å². The van der Waals surface area contributed by atoms with E-state index < -0.39 is 17.8 Å². The van der Waals surface area contributed by atoms with Gasteiger partial charge >= 0.3 is 12.0 Å². The number of benzene rings is 3. The van der Waals surface area contributed by atoms with E-state index in [9.17, 15) is 14.0 Å². The average molecular weight is 671 g/mol. The number of carbonyl (C=O) groups is 2. The molecule has 1 aromatic heterocycles. The maximum absolute atomic E-state index is 14.0. The van der Waals surface area contributed by atoms with Crippen LogP contribution in [0.4, 0.5) is 9.18 Å². The molecule has 3 aromatic carbocycles. The second kappa shape index (κ2) is 13.3. The lowest BCUT2D eigenvalue weighted by molar-refractivity contribution is -0.136. The number of esters is 1. The van der Waals surface area contributed by atoms with Crippen molar-refractivity contribution < 1.29 is 18.7 Å². The fraction of sp³-hybridized carbons (Fsp3) is 0.257. The number of ether oxygens (including phenoxy) is 1. The monoisotopic (exact) mass is 670 g/mol. The third-order valence-corrected chi connectivity index (χ3v) is 9.86. The molecular formula is C35H32ClFN6O3S. The summed E-state index contributed by atoms with van der Waals surface area (Å²) in [6.45, 7) is 3.32. The third kappa shape index (κ3) is 6.38. The lowest BCUT2D eigenvalue weighted by atomic mass is 9.95. The number of rotatable bonds is 8. The summed E-state index contributed by atoms with van der Waals surface area (Å²) in [6.07, 6.45) is 1.68. The summed E-state index contributed by atoms with van der Waals surface area (Å²) in [4.78, 5) is 42.1. The fourth-order valence-corrected chi connectivity index (χ4v) is 7.32. The van der Waals surface area contributed by atoms with Crippen LogP contribution in [0.1, 0.15) is 22.2 Å². The van der Waals surface area contributed by atoms with Crippen LogP contribution in [-0.4, -0.2) is 83.4 Å². The number of methoxy groups -OCH3 is 1. The van der Waals surface area contributed by atoms with Crippen LogP contribution in [0.25, 0.3) is 11.1 Å². The molecule has 0 spiro atoms. The second-order valence-electron chi connectivity index (χ2n) is 11.7. The van der Waals surface area contributed by atoms with Crippen molar-refractivity contribution in [2.75, 3.05) is 39.8 Å². The molecule has 1 N–H and O–H groups in total. The molecule has 0 bridgehead atoms. The van der Waals surface area contributed by atoms with Gasteiger partial charge in [-0.2, -0.15) is 0 Å². The van der Waals surface area contributed by atoms with E-state index >= 15 is 0 Å². The zero-order valence-corrected chi connectivity index (χ0v) is 27.2. The van der Waals surface area contributed by atoms with Gasteiger partial charge in [0.2, 0.25) is 0 Å². The summed E-state index contributed by atoms with van der Waals surface area (Å²) in [5.41, 5.74) is 4.76. The molecule has 0 radical (unpaired) electrons. The highest BCUT2D eigenvalue weighted by Gasteiger charge is 2.41. The van der Waals surface area contributed by atoms with Crippen LogP contribution in [0.5, 0.6) is 0 Å². The van der Waals surface area contributed by atoms with E-state index in [-0.39, 0.29) is 17.1 Å². The average Bonchev–Trinajstić information content (AvgIpc) is 3.73. The van der Waals surface area contributed by atoms with E-state index in [4.69, 9.17) is 21.3 Å². The Balaban J connectivity index is 1.10. The second-order valence-corrected chi connectivity index (χ2v) is 13.0. The molecule has 2 amide bonds. The van der Waals surface area contributed by atoms with Gasteiger partial charge in [0.15, 0.2) is 10.8 Å². The summed E-state index contributed by atoms with van der Waals surface area (Å²) in [5.74, 6) is -0.547. The number of urea groups is 1. The number of aliphatic imine (C=N–C) groups is 1. The summed E-state index contributed by atoms with van der Waals surface area (Å²) in [6, 6.07) is 21.8. The van der Waals surface area contributed by atoms with E-state index in [1.165, 1.54) is 30.6 Å². The Bertz CT molecular complexity index is 1850. The van der Waals surface area contributed by atoms with Crippen LogP contribution in [-0.2, 0) is 16.1 Å². The normalized spacial score (nSPS) is 19.8. The fourth-order valence-electron chi connectivity index (χ4n) is 6.46. The van der Waals surface area contributed by atoms with Crippen LogP contribution >= 0.6 is 22.9 Å². The molecule has 3 aliphatic heterocycles. The Morgan fingerprint density at radius 1 is 1.04 bits per heavy atom. The number of thiazole rings is 1. The number of carbonyl (C=O) groups excluding carboxylic acids is 2. The number of halogens is 2. The summed E-state index contributed by atoms with van der Waals surface area (Å²) in [7, 11) is 1.32. The first kappa shape index (κ1) is 31.0. The van der Waals surface area contributed by atoms with Gasteiger partial charge in [-0.25, -0.2) is 19.0 Å². The van der Waals surface area contributed by atoms with Gasteiger partial charge in [-0.15, -0.1) is 11.3 Å². The quantitative estimate of drug-likeness (QED) is 0.241. The molecule has 47 heavy (non-hydrogen) atoms. The molecule has 2 atom stereocenters. The number of aromatic nitrogens is 1. The standard InChI is InChI=1S/C35H32ClFN6O3S/c1-46-34(44)30-29(39-32(33-38-13-16-47-33)40-31(30)27-12-11-25(37)17-28(27)36)21-41-14-15-43-26(19-41)20-42(35(43)45)18-22-7-9-24(10-8-22)23-5-3-2-4-6-23/h2-13,16-17,26,31H,14-15,18-21H2,1H3,(H,39,40)/t26-,31-/m0/s1. The van der Waals surface area contributed by atoms with Crippen LogP contribution in [0.15, 0.2) is 101 Å². The molecule has 0 unspecified atom stereocenters. The molecular weight excluding hydrogens is 639 g/mol. The van der Waals surface area contributed by atoms with E-state index in [2.05, 4.69) is 51.6 Å². The number of nitrogens with one attached hydrogen (secondary N) is 1. The maximum atomic E-state index is 14.0. The molecule has 3 aliphatic rings. The van der Waals surface area contributed by atoms with Gasteiger partial charge in [-0.3, -0.25) is 9.89 Å². The Labute approximate surface area is 280 Å². The SMILES string of the molecule is COC(=O)C1=C(CN2CCN3C(=O)N(Cc4ccc(-c5ccccc5)cc4)C[C@@H]3C2)NC(c2nccs2)=N[C@H]1c1ccc(F)cc1Cl. The van der Waals surface area contributed by atoms with Crippen molar-refractivity contribution in [2.24, 2.45) is 4.99 Å². The largest absolute Gasteiger partial charge is 0.466 e.